The van der Waals surface area contributed by atoms with E-state index in [4.69, 9.17) is 16.3 Å². The summed E-state index contributed by atoms with van der Waals surface area (Å²) in [5.74, 6) is 0.309. The highest BCUT2D eigenvalue weighted by Crippen LogP contribution is 2.30. The number of anilines is 1. The fourth-order valence-corrected chi connectivity index (χ4v) is 3.68. The maximum Gasteiger partial charge on any atom is 0.232 e. The van der Waals surface area contributed by atoms with Gasteiger partial charge in [-0.05, 0) is 36.2 Å². The molecule has 1 heterocycles. The molecule has 146 valence electrons. The average Bonchev–Trinajstić information content (AvgIpc) is 2.63. The quantitative estimate of drug-likeness (QED) is 0.685. The third-order valence-electron chi connectivity index (χ3n) is 3.80. The van der Waals surface area contributed by atoms with Crippen molar-refractivity contribution in [3.8, 4) is 5.75 Å². The summed E-state index contributed by atoms with van der Waals surface area (Å²) in [6, 6.07) is 8.42. The second-order valence-corrected chi connectivity index (χ2v) is 8.21. The van der Waals surface area contributed by atoms with Crippen molar-refractivity contribution in [2.24, 2.45) is 0 Å². The molecule has 9 heteroatoms. The van der Waals surface area contributed by atoms with Crippen molar-refractivity contribution >= 4 is 33.2 Å². The second kappa shape index (κ2) is 9.57. The summed E-state index contributed by atoms with van der Waals surface area (Å²) in [4.78, 5) is 16.0. The van der Waals surface area contributed by atoms with Crippen molar-refractivity contribution in [1.82, 2.24) is 10.3 Å². The van der Waals surface area contributed by atoms with Gasteiger partial charge in [0.25, 0.3) is 0 Å². The fraction of sp³-hybridized carbons (Fsp3) is 0.333. The predicted molar refractivity (Wildman–Crippen MR) is 106 cm³/mol. The summed E-state index contributed by atoms with van der Waals surface area (Å²) in [5, 5.41) is 3.11. The number of aromatic nitrogens is 1. The predicted octanol–water partition coefficient (Wildman–Crippen LogP) is 2.61. The zero-order chi connectivity index (χ0) is 19.9. The number of amides is 1. The molecule has 0 saturated carbocycles. The van der Waals surface area contributed by atoms with Crippen molar-refractivity contribution in [3.63, 3.8) is 0 Å². The molecule has 1 aromatic heterocycles. The van der Waals surface area contributed by atoms with E-state index >= 15 is 0 Å². The summed E-state index contributed by atoms with van der Waals surface area (Å²) < 4.78 is 30.6. The van der Waals surface area contributed by atoms with Gasteiger partial charge in [0, 0.05) is 31.9 Å². The molecular formula is C18H22ClN3O4S. The van der Waals surface area contributed by atoms with Gasteiger partial charge in [0.1, 0.15) is 5.75 Å². The molecule has 0 spiro atoms. The molecule has 2 rings (SSSR count). The van der Waals surface area contributed by atoms with Crippen LogP contribution in [-0.4, -0.2) is 39.2 Å². The Balaban J connectivity index is 1.93. The molecule has 1 aromatic carbocycles. The van der Waals surface area contributed by atoms with Crippen LogP contribution in [0.25, 0.3) is 0 Å². The van der Waals surface area contributed by atoms with E-state index in [0.717, 1.165) is 11.8 Å². The first-order chi connectivity index (χ1) is 12.8. The standard InChI is InChI=1S/C18H22ClN3O4S/c1-26-17-8-7-15(11-16(17)19)22(27(2,24)25)10-4-6-18(23)21-13-14-5-3-9-20-12-14/h3,5,7-9,11-12H,4,6,10,13H2,1-2H3,(H,21,23). The monoisotopic (exact) mass is 411 g/mol. The van der Waals surface area contributed by atoms with Crippen molar-refractivity contribution < 1.29 is 17.9 Å². The zero-order valence-electron chi connectivity index (χ0n) is 15.2. The lowest BCUT2D eigenvalue weighted by molar-refractivity contribution is -0.121. The fourth-order valence-electron chi connectivity index (χ4n) is 2.47. The minimum absolute atomic E-state index is 0.153. The van der Waals surface area contributed by atoms with E-state index in [1.807, 2.05) is 6.07 Å². The zero-order valence-corrected chi connectivity index (χ0v) is 16.8. The minimum Gasteiger partial charge on any atom is -0.495 e. The Kier molecular flexibility index (Phi) is 7.44. The molecule has 7 nitrogen and oxygen atoms in total. The Morgan fingerprint density at radius 2 is 2.11 bits per heavy atom. The van der Waals surface area contributed by atoms with Crippen LogP contribution in [0.1, 0.15) is 18.4 Å². The SMILES string of the molecule is COc1ccc(N(CCCC(=O)NCc2cccnc2)S(C)(=O)=O)cc1Cl. The largest absolute Gasteiger partial charge is 0.495 e. The lowest BCUT2D eigenvalue weighted by Crippen LogP contribution is -2.32. The van der Waals surface area contributed by atoms with Gasteiger partial charge < -0.3 is 10.1 Å². The second-order valence-electron chi connectivity index (χ2n) is 5.90. The van der Waals surface area contributed by atoms with Crippen LogP contribution in [0.5, 0.6) is 5.75 Å². The minimum atomic E-state index is -3.51. The number of benzene rings is 1. The van der Waals surface area contributed by atoms with E-state index in [0.29, 0.717) is 29.4 Å². The molecule has 0 aliphatic carbocycles. The molecule has 1 N–H and O–H groups in total. The molecule has 2 aromatic rings. The van der Waals surface area contributed by atoms with E-state index in [9.17, 15) is 13.2 Å². The Labute approximate surface area is 164 Å². The molecular weight excluding hydrogens is 390 g/mol. The molecule has 0 unspecified atom stereocenters. The van der Waals surface area contributed by atoms with Gasteiger partial charge in [0.15, 0.2) is 0 Å². The summed E-state index contributed by atoms with van der Waals surface area (Å²) in [6.07, 6.45) is 5.04. The van der Waals surface area contributed by atoms with Gasteiger partial charge in [-0.25, -0.2) is 8.42 Å². The van der Waals surface area contributed by atoms with Crippen molar-refractivity contribution in [2.45, 2.75) is 19.4 Å². The average molecular weight is 412 g/mol. The molecule has 0 aliphatic heterocycles. The van der Waals surface area contributed by atoms with E-state index in [2.05, 4.69) is 10.3 Å². The Hall–Kier alpha value is -2.32. The van der Waals surface area contributed by atoms with E-state index in [1.165, 1.54) is 17.5 Å². The van der Waals surface area contributed by atoms with Crippen molar-refractivity contribution in [3.05, 3.63) is 53.3 Å². The number of ether oxygens (including phenoxy) is 1. The number of halogens is 1. The number of rotatable bonds is 9. The molecule has 0 fully saturated rings. The van der Waals surface area contributed by atoms with Crippen LogP contribution >= 0.6 is 11.6 Å². The number of carbonyl (C=O) groups is 1. The molecule has 0 saturated heterocycles. The van der Waals surface area contributed by atoms with Crippen LogP contribution in [0.15, 0.2) is 42.7 Å². The summed E-state index contributed by atoms with van der Waals surface area (Å²) in [6.45, 7) is 0.554. The smallest absolute Gasteiger partial charge is 0.232 e. The Bertz CT molecular complexity index is 875. The Morgan fingerprint density at radius 3 is 2.70 bits per heavy atom. The maximum atomic E-state index is 12.1. The van der Waals surface area contributed by atoms with Crippen LogP contribution in [0.3, 0.4) is 0 Å². The number of nitrogens with zero attached hydrogens (tertiary/aromatic N) is 2. The van der Waals surface area contributed by atoms with E-state index in [-0.39, 0.29) is 18.9 Å². The number of carbonyl (C=O) groups excluding carboxylic acids is 1. The highest BCUT2D eigenvalue weighted by Gasteiger charge is 2.19. The molecule has 0 aliphatic rings. The van der Waals surface area contributed by atoms with Crippen LogP contribution in [0.4, 0.5) is 5.69 Å². The van der Waals surface area contributed by atoms with Crippen molar-refractivity contribution in [2.75, 3.05) is 24.2 Å². The number of nitrogens with one attached hydrogen (secondary N) is 1. The van der Waals surface area contributed by atoms with Crippen LogP contribution in [-0.2, 0) is 21.4 Å². The first-order valence-corrected chi connectivity index (χ1v) is 10.5. The first-order valence-electron chi connectivity index (χ1n) is 8.28. The topological polar surface area (TPSA) is 88.6 Å². The molecule has 27 heavy (non-hydrogen) atoms. The van der Waals surface area contributed by atoms with Gasteiger partial charge in [-0.2, -0.15) is 0 Å². The number of hydrogen-bond acceptors (Lipinski definition) is 5. The van der Waals surface area contributed by atoms with Gasteiger partial charge in [-0.15, -0.1) is 0 Å². The van der Waals surface area contributed by atoms with Crippen LogP contribution in [0.2, 0.25) is 5.02 Å². The van der Waals surface area contributed by atoms with E-state index < -0.39 is 10.0 Å². The summed E-state index contributed by atoms with van der Waals surface area (Å²) in [5.41, 5.74) is 1.33. The molecule has 1 amide bonds. The molecule has 0 bridgehead atoms. The van der Waals surface area contributed by atoms with E-state index in [1.54, 1.807) is 30.6 Å². The molecule has 0 radical (unpaired) electrons. The van der Waals surface area contributed by atoms with Gasteiger partial charge >= 0.3 is 0 Å². The lowest BCUT2D eigenvalue weighted by Gasteiger charge is -2.23. The van der Waals surface area contributed by atoms with Gasteiger partial charge in [-0.3, -0.25) is 14.1 Å². The van der Waals surface area contributed by atoms with Crippen molar-refractivity contribution in [1.29, 1.82) is 0 Å². The van der Waals surface area contributed by atoms with Crippen LogP contribution < -0.4 is 14.4 Å². The highest BCUT2D eigenvalue weighted by molar-refractivity contribution is 7.92. The van der Waals surface area contributed by atoms with Gasteiger partial charge in [0.05, 0.1) is 24.1 Å². The first kappa shape index (κ1) is 21.0. The van der Waals surface area contributed by atoms with Gasteiger partial charge in [0.2, 0.25) is 15.9 Å². The summed E-state index contributed by atoms with van der Waals surface area (Å²) in [7, 11) is -2.03. The maximum absolute atomic E-state index is 12.1. The normalized spacial score (nSPS) is 11.1. The number of hydrogen-bond donors (Lipinski definition) is 1. The third kappa shape index (κ3) is 6.41. The third-order valence-corrected chi connectivity index (χ3v) is 5.29. The summed E-state index contributed by atoms with van der Waals surface area (Å²) >= 11 is 6.09. The highest BCUT2D eigenvalue weighted by atomic mass is 35.5. The Morgan fingerprint density at radius 1 is 1.33 bits per heavy atom. The lowest BCUT2D eigenvalue weighted by atomic mass is 10.2. The number of sulfonamides is 1. The number of methoxy groups -OCH3 is 1. The van der Waals surface area contributed by atoms with Gasteiger partial charge in [-0.1, -0.05) is 17.7 Å². The van der Waals surface area contributed by atoms with Crippen LogP contribution in [0, 0.1) is 0 Å². The number of pyridine rings is 1. The molecule has 0 atom stereocenters.